The van der Waals surface area contributed by atoms with Crippen molar-refractivity contribution in [1.29, 1.82) is 0 Å². The fraction of sp³-hybridized carbons (Fsp3) is 0.500. The van der Waals surface area contributed by atoms with E-state index in [1.54, 1.807) is 11.4 Å². The highest BCUT2D eigenvalue weighted by molar-refractivity contribution is 7.10. The molecule has 3 N–H and O–H groups in total. The zero-order chi connectivity index (χ0) is 10.8. The van der Waals surface area contributed by atoms with Gasteiger partial charge in [-0.25, -0.2) is 4.79 Å². The van der Waals surface area contributed by atoms with Crippen LogP contribution in [0.25, 0.3) is 0 Å². The van der Waals surface area contributed by atoms with Crippen molar-refractivity contribution in [3.63, 3.8) is 0 Å². The summed E-state index contributed by atoms with van der Waals surface area (Å²) in [7, 11) is 0. The SMILES string of the molecule is O=C(O)c1csc(CNC2CC(O)C2)c1. The molecule has 82 valence electrons. The first kappa shape index (κ1) is 10.6. The quantitative estimate of drug-likeness (QED) is 0.719. The Bertz CT molecular complexity index is 357. The van der Waals surface area contributed by atoms with Gasteiger partial charge in [-0.05, 0) is 18.9 Å². The minimum atomic E-state index is -0.878. The predicted molar refractivity (Wildman–Crippen MR) is 57.1 cm³/mol. The molecule has 0 unspecified atom stereocenters. The van der Waals surface area contributed by atoms with E-state index < -0.39 is 5.97 Å². The number of rotatable bonds is 4. The highest BCUT2D eigenvalue weighted by Crippen LogP contribution is 2.21. The molecule has 0 aromatic carbocycles. The van der Waals surface area contributed by atoms with E-state index >= 15 is 0 Å². The van der Waals surface area contributed by atoms with E-state index in [-0.39, 0.29) is 6.10 Å². The van der Waals surface area contributed by atoms with Crippen molar-refractivity contribution in [1.82, 2.24) is 5.32 Å². The lowest BCUT2D eigenvalue weighted by atomic mass is 9.89. The number of aliphatic hydroxyl groups is 1. The smallest absolute Gasteiger partial charge is 0.336 e. The zero-order valence-electron chi connectivity index (χ0n) is 8.14. The van der Waals surface area contributed by atoms with Gasteiger partial charge >= 0.3 is 5.97 Å². The van der Waals surface area contributed by atoms with Crippen molar-refractivity contribution in [2.45, 2.75) is 31.5 Å². The van der Waals surface area contributed by atoms with Gasteiger partial charge in [-0.2, -0.15) is 0 Å². The monoisotopic (exact) mass is 227 g/mol. The van der Waals surface area contributed by atoms with Crippen LogP contribution >= 0.6 is 11.3 Å². The largest absolute Gasteiger partial charge is 0.478 e. The average Bonchev–Trinajstić information content (AvgIpc) is 2.59. The summed E-state index contributed by atoms with van der Waals surface area (Å²) in [5, 5.41) is 22.7. The van der Waals surface area contributed by atoms with Gasteiger partial charge < -0.3 is 15.5 Å². The minimum Gasteiger partial charge on any atom is -0.478 e. The topological polar surface area (TPSA) is 69.6 Å². The van der Waals surface area contributed by atoms with Crippen molar-refractivity contribution in [2.75, 3.05) is 0 Å². The first-order valence-electron chi connectivity index (χ1n) is 4.87. The molecule has 4 nitrogen and oxygen atoms in total. The van der Waals surface area contributed by atoms with Gasteiger partial charge in [0.05, 0.1) is 11.7 Å². The third kappa shape index (κ3) is 2.56. The van der Waals surface area contributed by atoms with E-state index in [2.05, 4.69) is 5.32 Å². The van der Waals surface area contributed by atoms with E-state index in [9.17, 15) is 4.79 Å². The summed E-state index contributed by atoms with van der Waals surface area (Å²) in [5.74, 6) is -0.878. The summed E-state index contributed by atoms with van der Waals surface area (Å²) >= 11 is 1.45. The Kier molecular flexibility index (Phi) is 3.04. The molecule has 0 aliphatic heterocycles. The van der Waals surface area contributed by atoms with Crippen LogP contribution in [0.4, 0.5) is 0 Å². The maximum Gasteiger partial charge on any atom is 0.336 e. The summed E-state index contributed by atoms with van der Waals surface area (Å²) < 4.78 is 0. The molecular weight excluding hydrogens is 214 g/mol. The Morgan fingerprint density at radius 3 is 2.87 bits per heavy atom. The van der Waals surface area contributed by atoms with E-state index in [0.29, 0.717) is 18.2 Å². The van der Waals surface area contributed by atoms with Crippen LogP contribution in [-0.2, 0) is 6.54 Å². The fourth-order valence-corrected chi connectivity index (χ4v) is 2.39. The van der Waals surface area contributed by atoms with Gasteiger partial charge in [0, 0.05) is 22.8 Å². The number of carboxylic acids is 1. The average molecular weight is 227 g/mol. The molecule has 1 saturated carbocycles. The van der Waals surface area contributed by atoms with Gasteiger partial charge in [0.15, 0.2) is 0 Å². The molecule has 2 rings (SSSR count). The van der Waals surface area contributed by atoms with E-state index in [1.165, 1.54) is 11.3 Å². The van der Waals surface area contributed by atoms with Crippen molar-refractivity contribution in [3.05, 3.63) is 21.9 Å². The summed E-state index contributed by atoms with van der Waals surface area (Å²) in [6, 6.07) is 2.07. The second-order valence-electron chi connectivity index (χ2n) is 3.81. The molecular formula is C10H13NO3S. The van der Waals surface area contributed by atoms with Crippen molar-refractivity contribution < 1.29 is 15.0 Å². The highest BCUT2D eigenvalue weighted by Gasteiger charge is 2.26. The van der Waals surface area contributed by atoms with Gasteiger partial charge in [0.25, 0.3) is 0 Å². The van der Waals surface area contributed by atoms with Crippen LogP contribution in [0.15, 0.2) is 11.4 Å². The van der Waals surface area contributed by atoms with E-state index in [0.717, 1.165) is 17.7 Å². The highest BCUT2D eigenvalue weighted by atomic mass is 32.1. The van der Waals surface area contributed by atoms with Crippen LogP contribution in [0.2, 0.25) is 0 Å². The first-order chi connectivity index (χ1) is 7.15. The number of aromatic carboxylic acids is 1. The third-order valence-electron chi connectivity index (χ3n) is 2.58. The molecule has 0 bridgehead atoms. The molecule has 1 heterocycles. The molecule has 0 saturated heterocycles. The molecule has 1 aliphatic rings. The maximum absolute atomic E-state index is 10.6. The Hall–Kier alpha value is -0.910. The molecule has 5 heteroatoms. The van der Waals surface area contributed by atoms with Gasteiger partial charge in [0.2, 0.25) is 0 Å². The van der Waals surface area contributed by atoms with Crippen LogP contribution in [0.5, 0.6) is 0 Å². The van der Waals surface area contributed by atoms with Crippen LogP contribution in [0.3, 0.4) is 0 Å². The second kappa shape index (κ2) is 4.30. The van der Waals surface area contributed by atoms with Crippen LogP contribution in [0.1, 0.15) is 28.1 Å². The molecule has 1 aliphatic carbocycles. The molecule has 1 aromatic rings. The lowest BCUT2D eigenvalue weighted by Gasteiger charge is -2.32. The summed E-state index contributed by atoms with van der Waals surface area (Å²) in [6.45, 7) is 0.690. The van der Waals surface area contributed by atoms with E-state index in [4.69, 9.17) is 10.2 Å². The Morgan fingerprint density at radius 1 is 1.60 bits per heavy atom. The molecule has 0 atom stereocenters. The maximum atomic E-state index is 10.6. The fourth-order valence-electron chi connectivity index (χ4n) is 1.58. The summed E-state index contributed by atoms with van der Waals surface area (Å²) in [4.78, 5) is 11.6. The number of hydrogen-bond donors (Lipinski definition) is 3. The Balaban J connectivity index is 1.81. The van der Waals surface area contributed by atoms with Gasteiger partial charge in [-0.1, -0.05) is 0 Å². The van der Waals surface area contributed by atoms with Crippen molar-refractivity contribution in [2.24, 2.45) is 0 Å². The standard InChI is InChI=1S/C10H13NO3S/c12-8-2-7(3-8)11-4-9-1-6(5-15-9)10(13)14/h1,5,7-8,11-12H,2-4H2,(H,13,14). The summed E-state index contributed by atoms with van der Waals surface area (Å²) in [5.41, 5.74) is 0.352. The molecule has 0 spiro atoms. The number of carbonyl (C=O) groups is 1. The second-order valence-corrected chi connectivity index (χ2v) is 4.81. The normalized spacial score (nSPS) is 24.9. The number of aliphatic hydroxyl groups excluding tert-OH is 1. The summed E-state index contributed by atoms with van der Waals surface area (Å²) in [6.07, 6.45) is 1.45. The molecule has 1 fully saturated rings. The number of nitrogens with one attached hydrogen (secondary N) is 1. The molecule has 1 aromatic heterocycles. The number of thiophene rings is 1. The third-order valence-corrected chi connectivity index (χ3v) is 3.52. The van der Waals surface area contributed by atoms with Crippen LogP contribution < -0.4 is 5.32 Å². The van der Waals surface area contributed by atoms with Gasteiger partial charge in [0.1, 0.15) is 0 Å². The lowest BCUT2D eigenvalue weighted by Crippen LogP contribution is -2.43. The van der Waals surface area contributed by atoms with E-state index in [1.807, 2.05) is 0 Å². The zero-order valence-corrected chi connectivity index (χ0v) is 8.96. The minimum absolute atomic E-state index is 0.152. The Morgan fingerprint density at radius 2 is 2.33 bits per heavy atom. The van der Waals surface area contributed by atoms with Crippen molar-refractivity contribution in [3.8, 4) is 0 Å². The first-order valence-corrected chi connectivity index (χ1v) is 5.75. The molecule has 15 heavy (non-hydrogen) atoms. The van der Waals surface area contributed by atoms with Crippen molar-refractivity contribution >= 4 is 17.3 Å². The van der Waals surface area contributed by atoms with Crippen LogP contribution in [-0.4, -0.2) is 28.3 Å². The lowest BCUT2D eigenvalue weighted by molar-refractivity contribution is 0.0620. The number of carboxylic acid groups (broad SMARTS) is 1. The predicted octanol–water partition coefficient (Wildman–Crippen LogP) is 1.06. The molecule has 0 radical (unpaired) electrons. The number of hydrogen-bond acceptors (Lipinski definition) is 4. The van der Waals surface area contributed by atoms with Gasteiger partial charge in [-0.15, -0.1) is 11.3 Å². The molecule has 0 amide bonds. The van der Waals surface area contributed by atoms with Crippen LogP contribution in [0, 0.1) is 0 Å². The van der Waals surface area contributed by atoms with Gasteiger partial charge in [-0.3, -0.25) is 0 Å². The Labute approximate surface area is 91.6 Å².